The molecule has 1 aromatic heterocycles. The predicted molar refractivity (Wildman–Crippen MR) is 81.9 cm³/mol. The third-order valence-electron chi connectivity index (χ3n) is 3.36. The molecule has 1 N–H and O–H groups in total. The summed E-state index contributed by atoms with van der Waals surface area (Å²) < 4.78 is 20.9. The van der Waals surface area contributed by atoms with Gasteiger partial charge in [-0.25, -0.2) is 9.37 Å². The number of imidazole rings is 1. The number of anilines is 1. The minimum atomic E-state index is -0.202. The number of benzene rings is 1. The summed E-state index contributed by atoms with van der Waals surface area (Å²) in [5, 5.41) is 3.29. The zero-order valence-corrected chi connectivity index (χ0v) is 12.8. The molecule has 1 heterocycles. The molecular formula is C16H22FN3O. The van der Waals surface area contributed by atoms with Crippen LogP contribution in [0.3, 0.4) is 0 Å². The van der Waals surface area contributed by atoms with Gasteiger partial charge in [0.1, 0.15) is 5.82 Å². The van der Waals surface area contributed by atoms with E-state index in [1.165, 1.54) is 6.07 Å². The summed E-state index contributed by atoms with van der Waals surface area (Å²) >= 11 is 0. The quantitative estimate of drug-likeness (QED) is 0.793. The highest BCUT2D eigenvalue weighted by molar-refractivity contribution is 5.34. The Hall–Kier alpha value is -1.88. The van der Waals surface area contributed by atoms with Crippen LogP contribution in [-0.4, -0.2) is 23.3 Å². The van der Waals surface area contributed by atoms with Gasteiger partial charge in [0.15, 0.2) is 0 Å². The van der Waals surface area contributed by atoms with E-state index in [1.807, 2.05) is 30.7 Å². The molecule has 0 bridgehead atoms. The minimum absolute atomic E-state index is 0.144. The lowest BCUT2D eigenvalue weighted by Crippen LogP contribution is -2.13. The summed E-state index contributed by atoms with van der Waals surface area (Å²) in [5.74, 6) is 0.561. The first-order valence-electron chi connectivity index (χ1n) is 7.15. The maximum Gasteiger partial charge on any atom is 0.203 e. The molecule has 0 radical (unpaired) electrons. The van der Waals surface area contributed by atoms with Gasteiger partial charge in [0, 0.05) is 32.0 Å². The lowest BCUT2D eigenvalue weighted by Gasteiger charge is -2.17. The number of nitrogens with zero attached hydrogens (tertiary/aromatic N) is 2. The fourth-order valence-electron chi connectivity index (χ4n) is 2.31. The highest BCUT2D eigenvalue weighted by Crippen LogP contribution is 2.21. The molecule has 21 heavy (non-hydrogen) atoms. The van der Waals surface area contributed by atoms with Gasteiger partial charge in [0.25, 0.3) is 0 Å². The third kappa shape index (κ3) is 4.04. The number of rotatable bonds is 7. The van der Waals surface area contributed by atoms with Crippen molar-refractivity contribution in [3.8, 4) is 0 Å². The Labute approximate surface area is 125 Å². The second-order valence-electron chi connectivity index (χ2n) is 5.13. The molecule has 1 atom stereocenters. The Morgan fingerprint density at radius 3 is 2.86 bits per heavy atom. The van der Waals surface area contributed by atoms with Gasteiger partial charge < -0.3 is 14.6 Å². The largest absolute Gasteiger partial charge is 0.385 e. The molecule has 1 aromatic carbocycles. The van der Waals surface area contributed by atoms with Crippen LogP contribution in [-0.2, 0) is 11.3 Å². The van der Waals surface area contributed by atoms with E-state index in [-0.39, 0.29) is 11.9 Å². The number of hydrogen-bond acceptors (Lipinski definition) is 3. The molecule has 2 rings (SSSR count). The molecule has 0 fully saturated rings. The molecule has 0 aliphatic heterocycles. The number of aryl methyl sites for hydroxylation is 2. The first kappa shape index (κ1) is 15.5. The summed E-state index contributed by atoms with van der Waals surface area (Å²) in [6.07, 6.45) is 2.90. The third-order valence-corrected chi connectivity index (χ3v) is 3.36. The Kier molecular flexibility index (Phi) is 5.33. The predicted octanol–water partition coefficient (Wildman–Crippen LogP) is 3.54. The van der Waals surface area contributed by atoms with E-state index in [0.717, 1.165) is 24.6 Å². The lowest BCUT2D eigenvalue weighted by atomic mass is 10.1. The highest BCUT2D eigenvalue weighted by Gasteiger charge is 2.13. The SMILES string of the molecule is COCCCn1cc(C)nc1NC(C)c1ccccc1F. The minimum Gasteiger partial charge on any atom is -0.385 e. The van der Waals surface area contributed by atoms with E-state index in [2.05, 4.69) is 10.3 Å². The second-order valence-corrected chi connectivity index (χ2v) is 5.13. The zero-order chi connectivity index (χ0) is 15.2. The topological polar surface area (TPSA) is 39.1 Å². The van der Waals surface area contributed by atoms with Crippen molar-refractivity contribution < 1.29 is 9.13 Å². The summed E-state index contributed by atoms with van der Waals surface area (Å²) in [4.78, 5) is 4.47. The van der Waals surface area contributed by atoms with Gasteiger partial charge in [-0.15, -0.1) is 0 Å². The second kappa shape index (κ2) is 7.22. The van der Waals surface area contributed by atoms with Crippen LogP contribution in [0.15, 0.2) is 30.5 Å². The van der Waals surface area contributed by atoms with Crippen LogP contribution >= 0.6 is 0 Å². The molecule has 114 valence electrons. The van der Waals surface area contributed by atoms with Crippen LogP contribution in [0.2, 0.25) is 0 Å². The van der Waals surface area contributed by atoms with Crippen LogP contribution in [0.5, 0.6) is 0 Å². The van der Waals surface area contributed by atoms with E-state index in [4.69, 9.17) is 4.74 Å². The Morgan fingerprint density at radius 2 is 2.14 bits per heavy atom. The fourth-order valence-corrected chi connectivity index (χ4v) is 2.31. The van der Waals surface area contributed by atoms with Gasteiger partial charge in [-0.3, -0.25) is 0 Å². The summed E-state index contributed by atoms with van der Waals surface area (Å²) in [5.41, 5.74) is 1.58. The van der Waals surface area contributed by atoms with Crippen molar-refractivity contribution in [3.05, 3.63) is 47.5 Å². The number of methoxy groups -OCH3 is 1. The number of nitrogens with one attached hydrogen (secondary N) is 1. The van der Waals surface area contributed by atoms with Gasteiger partial charge >= 0.3 is 0 Å². The number of aromatic nitrogens is 2. The van der Waals surface area contributed by atoms with Crippen molar-refractivity contribution in [2.75, 3.05) is 19.0 Å². The molecule has 0 spiro atoms. The van der Waals surface area contributed by atoms with Crippen molar-refractivity contribution in [2.45, 2.75) is 32.9 Å². The van der Waals surface area contributed by atoms with Crippen molar-refractivity contribution in [3.63, 3.8) is 0 Å². The monoisotopic (exact) mass is 291 g/mol. The molecular weight excluding hydrogens is 269 g/mol. The normalized spacial score (nSPS) is 12.4. The molecule has 0 saturated carbocycles. The van der Waals surface area contributed by atoms with Crippen LogP contribution in [0.1, 0.15) is 30.6 Å². The number of halogens is 1. The van der Waals surface area contributed by atoms with Crippen LogP contribution in [0, 0.1) is 12.7 Å². The van der Waals surface area contributed by atoms with E-state index < -0.39 is 0 Å². The maximum atomic E-state index is 13.8. The molecule has 0 aliphatic rings. The maximum absolute atomic E-state index is 13.8. The first-order chi connectivity index (χ1) is 10.1. The van der Waals surface area contributed by atoms with Gasteiger partial charge in [0.2, 0.25) is 5.95 Å². The average Bonchev–Trinajstić information content (AvgIpc) is 2.79. The van der Waals surface area contributed by atoms with Gasteiger partial charge in [-0.1, -0.05) is 18.2 Å². The van der Waals surface area contributed by atoms with Crippen molar-refractivity contribution >= 4 is 5.95 Å². The van der Waals surface area contributed by atoms with Crippen LogP contribution in [0.4, 0.5) is 10.3 Å². The van der Waals surface area contributed by atoms with Gasteiger partial charge in [-0.2, -0.15) is 0 Å². The molecule has 0 aliphatic carbocycles. The van der Waals surface area contributed by atoms with Crippen molar-refractivity contribution in [1.82, 2.24) is 9.55 Å². The van der Waals surface area contributed by atoms with E-state index in [1.54, 1.807) is 19.2 Å². The molecule has 0 saturated heterocycles. The summed E-state index contributed by atoms with van der Waals surface area (Å²) in [7, 11) is 1.69. The lowest BCUT2D eigenvalue weighted by molar-refractivity contribution is 0.190. The number of ether oxygens (including phenoxy) is 1. The zero-order valence-electron chi connectivity index (χ0n) is 12.8. The van der Waals surface area contributed by atoms with Crippen LogP contribution in [0.25, 0.3) is 0 Å². The number of hydrogen-bond donors (Lipinski definition) is 1. The first-order valence-corrected chi connectivity index (χ1v) is 7.15. The summed E-state index contributed by atoms with van der Waals surface area (Å²) in [6.45, 7) is 5.41. The van der Waals surface area contributed by atoms with Crippen molar-refractivity contribution in [1.29, 1.82) is 0 Å². The van der Waals surface area contributed by atoms with E-state index in [0.29, 0.717) is 12.2 Å². The fraction of sp³-hybridized carbons (Fsp3) is 0.438. The molecule has 0 amide bonds. The van der Waals surface area contributed by atoms with Gasteiger partial charge in [0.05, 0.1) is 11.7 Å². The Morgan fingerprint density at radius 1 is 1.38 bits per heavy atom. The molecule has 5 heteroatoms. The highest BCUT2D eigenvalue weighted by atomic mass is 19.1. The standard InChI is InChI=1S/C16H22FN3O/c1-12-11-20(9-6-10-21-3)16(18-12)19-13(2)14-7-4-5-8-15(14)17/h4-5,7-8,11,13H,6,9-10H2,1-3H3,(H,18,19). The summed E-state index contributed by atoms with van der Waals surface area (Å²) in [6, 6.07) is 6.66. The molecule has 4 nitrogen and oxygen atoms in total. The van der Waals surface area contributed by atoms with Crippen LogP contribution < -0.4 is 5.32 Å². The van der Waals surface area contributed by atoms with Crippen molar-refractivity contribution in [2.24, 2.45) is 0 Å². The smallest absolute Gasteiger partial charge is 0.203 e. The van der Waals surface area contributed by atoms with E-state index in [9.17, 15) is 4.39 Å². The Bertz CT molecular complexity index is 583. The molecule has 2 aromatic rings. The average molecular weight is 291 g/mol. The van der Waals surface area contributed by atoms with Gasteiger partial charge in [-0.05, 0) is 26.3 Å². The van der Waals surface area contributed by atoms with E-state index >= 15 is 0 Å². The molecule has 1 unspecified atom stereocenters. The Balaban J connectivity index is 2.10.